The van der Waals surface area contributed by atoms with Crippen molar-refractivity contribution in [2.45, 2.75) is 44.0 Å². The summed E-state index contributed by atoms with van der Waals surface area (Å²) >= 11 is 0. The third-order valence-electron chi connectivity index (χ3n) is 3.86. The summed E-state index contributed by atoms with van der Waals surface area (Å²) < 4.78 is 0. The second kappa shape index (κ2) is 3.62. The SMILES string of the molecule is O[C@H]1C[C@@H]2CC[C@@H]1N2Cc1ccccc1. The Labute approximate surface area is 90.5 Å². The molecule has 15 heavy (non-hydrogen) atoms. The number of rotatable bonds is 2. The van der Waals surface area contributed by atoms with Crippen molar-refractivity contribution in [2.24, 2.45) is 0 Å². The molecule has 0 radical (unpaired) electrons. The molecule has 2 heteroatoms. The zero-order valence-corrected chi connectivity index (χ0v) is 8.84. The number of aliphatic hydroxyl groups excluding tert-OH is 1. The van der Waals surface area contributed by atoms with E-state index in [1.807, 2.05) is 0 Å². The maximum atomic E-state index is 9.83. The molecular weight excluding hydrogens is 186 g/mol. The van der Waals surface area contributed by atoms with Crippen molar-refractivity contribution >= 4 is 0 Å². The van der Waals surface area contributed by atoms with E-state index in [2.05, 4.69) is 35.2 Å². The van der Waals surface area contributed by atoms with E-state index in [1.54, 1.807) is 0 Å². The molecule has 2 aliphatic rings. The van der Waals surface area contributed by atoms with E-state index in [9.17, 15) is 5.11 Å². The summed E-state index contributed by atoms with van der Waals surface area (Å²) in [6.45, 7) is 1.01. The Hall–Kier alpha value is -0.860. The van der Waals surface area contributed by atoms with Gasteiger partial charge in [0, 0.05) is 18.6 Å². The normalized spacial score (nSPS) is 34.9. The van der Waals surface area contributed by atoms with E-state index in [-0.39, 0.29) is 6.10 Å². The molecule has 2 nitrogen and oxygen atoms in total. The molecule has 2 aliphatic heterocycles. The first kappa shape index (κ1) is 9.37. The van der Waals surface area contributed by atoms with E-state index >= 15 is 0 Å². The van der Waals surface area contributed by atoms with Crippen LogP contribution >= 0.6 is 0 Å². The van der Waals surface area contributed by atoms with Crippen LogP contribution in [0.25, 0.3) is 0 Å². The van der Waals surface area contributed by atoms with Crippen molar-refractivity contribution in [1.29, 1.82) is 0 Å². The fourth-order valence-electron chi connectivity index (χ4n) is 3.11. The third kappa shape index (κ3) is 1.58. The molecule has 0 saturated carbocycles. The molecule has 2 heterocycles. The number of fused-ring (bicyclic) bond motifs is 2. The van der Waals surface area contributed by atoms with Gasteiger partial charge in [0.05, 0.1) is 6.10 Å². The zero-order valence-electron chi connectivity index (χ0n) is 8.84. The number of hydrogen-bond acceptors (Lipinski definition) is 2. The molecule has 80 valence electrons. The van der Waals surface area contributed by atoms with E-state index in [1.165, 1.54) is 18.4 Å². The van der Waals surface area contributed by atoms with Gasteiger partial charge in [0.1, 0.15) is 0 Å². The van der Waals surface area contributed by atoms with Crippen molar-refractivity contribution in [1.82, 2.24) is 4.90 Å². The quantitative estimate of drug-likeness (QED) is 0.792. The van der Waals surface area contributed by atoms with Crippen LogP contribution in [-0.2, 0) is 6.54 Å². The van der Waals surface area contributed by atoms with Crippen molar-refractivity contribution in [3.8, 4) is 0 Å². The molecule has 0 aliphatic carbocycles. The Balaban J connectivity index is 1.75. The summed E-state index contributed by atoms with van der Waals surface area (Å²) in [6, 6.07) is 11.6. The maximum absolute atomic E-state index is 9.83. The van der Waals surface area contributed by atoms with Gasteiger partial charge in [-0.3, -0.25) is 4.90 Å². The summed E-state index contributed by atoms with van der Waals surface area (Å²) in [4.78, 5) is 2.49. The molecule has 2 saturated heterocycles. The van der Waals surface area contributed by atoms with Gasteiger partial charge in [-0.15, -0.1) is 0 Å². The molecular formula is C13H17NO. The van der Waals surface area contributed by atoms with Gasteiger partial charge in [0.15, 0.2) is 0 Å². The highest BCUT2D eigenvalue weighted by Crippen LogP contribution is 2.38. The minimum Gasteiger partial charge on any atom is -0.391 e. The van der Waals surface area contributed by atoms with Gasteiger partial charge in [0.25, 0.3) is 0 Å². The predicted octanol–water partition coefficient (Wildman–Crippen LogP) is 1.78. The summed E-state index contributed by atoms with van der Waals surface area (Å²) in [5, 5.41) is 9.83. The zero-order chi connectivity index (χ0) is 10.3. The summed E-state index contributed by atoms with van der Waals surface area (Å²) in [7, 11) is 0. The summed E-state index contributed by atoms with van der Waals surface area (Å²) in [5.41, 5.74) is 1.36. The van der Waals surface area contributed by atoms with Gasteiger partial charge in [-0.25, -0.2) is 0 Å². The van der Waals surface area contributed by atoms with E-state index in [4.69, 9.17) is 0 Å². The predicted molar refractivity (Wildman–Crippen MR) is 59.4 cm³/mol. The lowest BCUT2D eigenvalue weighted by Crippen LogP contribution is -2.31. The number of aliphatic hydroxyl groups is 1. The molecule has 1 aromatic rings. The Morgan fingerprint density at radius 3 is 2.60 bits per heavy atom. The molecule has 1 N–H and O–H groups in total. The van der Waals surface area contributed by atoms with Crippen LogP contribution in [0.15, 0.2) is 30.3 Å². The Kier molecular flexibility index (Phi) is 2.26. The maximum Gasteiger partial charge on any atom is 0.0710 e. The molecule has 1 aromatic carbocycles. The third-order valence-corrected chi connectivity index (χ3v) is 3.86. The molecule has 0 spiro atoms. The van der Waals surface area contributed by atoms with Gasteiger partial charge in [0.2, 0.25) is 0 Å². The highest BCUT2D eigenvalue weighted by Gasteiger charge is 2.44. The van der Waals surface area contributed by atoms with Crippen molar-refractivity contribution in [3.05, 3.63) is 35.9 Å². The Bertz CT molecular complexity index is 338. The van der Waals surface area contributed by atoms with Gasteiger partial charge >= 0.3 is 0 Å². The average Bonchev–Trinajstić information content (AvgIpc) is 2.76. The Morgan fingerprint density at radius 1 is 1.20 bits per heavy atom. The first-order chi connectivity index (χ1) is 7.34. The van der Waals surface area contributed by atoms with Crippen LogP contribution in [0.5, 0.6) is 0 Å². The fraction of sp³-hybridized carbons (Fsp3) is 0.538. The number of nitrogens with zero attached hydrogens (tertiary/aromatic N) is 1. The van der Waals surface area contributed by atoms with Crippen LogP contribution < -0.4 is 0 Å². The number of benzene rings is 1. The molecule has 2 fully saturated rings. The molecule has 0 amide bonds. The second-order valence-corrected chi connectivity index (χ2v) is 4.76. The summed E-state index contributed by atoms with van der Waals surface area (Å²) in [5.74, 6) is 0. The lowest BCUT2D eigenvalue weighted by atomic mass is 9.98. The number of hydrogen-bond donors (Lipinski definition) is 1. The molecule has 0 unspecified atom stereocenters. The van der Waals surface area contributed by atoms with Gasteiger partial charge in [-0.2, -0.15) is 0 Å². The first-order valence-electron chi connectivity index (χ1n) is 5.82. The van der Waals surface area contributed by atoms with Gasteiger partial charge in [-0.05, 0) is 24.8 Å². The molecule has 3 rings (SSSR count). The second-order valence-electron chi connectivity index (χ2n) is 4.76. The smallest absolute Gasteiger partial charge is 0.0710 e. The lowest BCUT2D eigenvalue weighted by molar-refractivity contribution is 0.119. The van der Waals surface area contributed by atoms with Crippen LogP contribution in [0.2, 0.25) is 0 Å². The van der Waals surface area contributed by atoms with Crippen LogP contribution in [0.3, 0.4) is 0 Å². The largest absolute Gasteiger partial charge is 0.391 e. The van der Waals surface area contributed by atoms with Crippen molar-refractivity contribution < 1.29 is 5.11 Å². The van der Waals surface area contributed by atoms with Crippen molar-refractivity contribution in [2.75, 3.05) is 0 Å². The van der Waals surface area contributed by atoms with Crippen LogP contribution in [-0.4, -0.2) is 28.2 Å². The Morgan fingerprint density at radius 2 is 2.00 bits per heavy atom. The summed E-state index contributed by atoms with van der Waals surface area (Å²) in [6.07, 6.45) is 3.36. The van der Waals surface area contributed by atoms with E-state index < -0.39 is 0 Å². The monoisotopic (exact) mass is 203 g/mol. The minimum absolute atomic E-state index is 0.0764. The highest BCUT2D eigenvalue weighted by molar-refractivity contribution is 5.16. The molecule has 2 bridgehead atoms. The fourth-order valence-corrected chi connectivity index (χ4v) is 3.11. The van der Waals surface area contributed by atoms with E-state index in [0.717, 1.165) is 13.0 Å². The molecule has 3 atom stereocenters. The van der Waals surface area contributed by atoms with Gasteiger partial charge in [-0.1, -0.05) is 30.3 Å². The lowest BCUT2D eigenvalue weighted by Gasteiger charge is -2.22. The van der Waals surface area contributed by atoms with Crippen LogP contribution in [0.1, 0.15) is 24.8 Å². The molecule has 0 aromatic heterocycles. The van der Waals surface area contributed by atoms with Crippen LogP contribution in [0, 0.1) is 0 Å². The highest BCUT2D eigenvalue weighted by atomic mass is 16.3. The first-order valence-corrected chi connectivity index (χ1v) is 5.82. The standard InChI is InChI=1S/C13H17NO/c15-13-8-11-6-7-12(13)14(11)9-10-4-2-1-3-5-10/h1-5,11-13,15H,6-9H2/t11-,12-,13-/m0/s1. The van der Waals surface area contributed by atoms with Crippen LogP contribution in [0.4, 0.5) is 0 Å². The average molecular weight is 203 g/mol. The van der Waals surface area contributed by atoms with Gasteiger partial charge < -0.3 is 5.11 Å². The topological polar surface area (TPSA) is 23.5 Å². The van der Waals surface area contributed by atoms with E-state index in [0.29, 0.717) is 12.1 Å². The minimum atomic E-state index is -0.0764. The van der Waals surface area contributed by atoms with Crippen molar-refractivity contribution in [3.63, 3.8) is 0 Å².